The average Bonchev–Trinajstić information content (AvgIpc) is 2.57. The molecule has 1 N–H and O–H groups in total. The van der Waals surface area contributed by atoms with Crippen LogP contribution in [0.25, 0.3) is 0 Å². The zero-order valence-corrected chi connectivity index (χ0v) is 13.9. The van der Waals surface area contributed by atoms with E-state index in [1.165, 1.54) is 12.8 Å². The zero-order chi connectivity index (χ0) is 16.2. The summed E-state index contributed by atoms with van der Waals surface area (Å²) < 4.78 is 0. The van der Waals surface area contributed by atoms with Gasteiger partial charge in [-0.3, -0.25) is 4.79 Å². The van der Waals surface area contributed by atoms with Gasteiger partial charge in [0.15, 0.2) is 0 Å². The van der Waals surface area contributed by atoms with E-state index in [2.05, 4.69) is 22.1 Å². The number of amides is 1. The number of nitrogens with one attached hydrogen (secondary N) is 1. The molecule has 1 aromatic carbocycles. The normalized spacial score (nSPS) is 17.8. The highest BCUT2D eigenvalue weighted by atomic mass is 35.5. The van der Waals surface area contributed by atoms with E-state index < -0.39 is 0 Å². The molecular weight excluding hydrogens is 310 g/mol. The van der Waals surface area contributed by atoms with E-state index in [1.54, 1.807) is 36.5 Å². The van der Waals surface area contributed by atoms with Gasteiger partial charge in [-0.1, -0.05) is 18.5 Å². The lowest BCUT2D eigenvalue weighted by Gasteiger charge is -2.32. The first-order chi connectivity index (χ1) is 11.1. The molecule has 2 heterocycles. The van der Waals surface area contributed by atoms with Crippen molar-refractivity contribution < 1.29 is 4.79 Å². The van der Waals surface area contributed by atoms with Crippen LogP contribution in [0.15, 0.2) is 42.6 Å². The van der Waals surface area contributed by atoms with E-state index in [4.69, 9.17) is 11.6 Å². The highest BCUT2D eigenvalue weighted by molar-refractivity contribution is 6.30. The molecule has 1 aliphatic rings. The Morgan fingerprint density at radius 1 is 1.26 bits per heavy atom. The number of rotatable bonds is 3. The van der Waals surface area contributed by atoms with Gasteiger partial charge in [-0.05, 0) is 55.2 Å². The highest BCUT2D eigenvalue weighted by Crippen LogP contribution is 2.22. The van der Waals surface area contributed by atoms with Crippen LogP contribution < -0.4 is 10.2 Å². The van der Waals surface area contributed by atoms with E-state index in [-0.39, 0.29) is 5.91 Å². The molecule has 1 unspecified atom stereocenters. The van der Waals surface area contributed by atoms with Crippen LogP contribution in [0.1, 0.15) is 30.3 Å². The zero-order valence-electron chi connectivity index (χ0n) is 13.1. The van der Waals surface area contributed by atoms with E-state index in [0.717, 1.165) is 18.8 Å². The third kappa shape index (κ3) is 4.02. The maximum absolute atomic E-state index is 12.2. The van der Waals surface area contributed by atoms with Crippen molar-refractivity contribution >= 4 is 28.9 Å². The van der Waals surface area contributed by atoms with Gasteiger partial charge in [0.25, 0.3) is 5.91 Å². The third-order valence-corrected chi connectivity index (χ3v) is 4.36. The molecule has 0 saturated carbocycles. The van der Waals surface area contributed by atoms with Crippen molar-refractivity contribution in [2.45, 2.75) is 19.8 Å². The molecule has 1 saturated heterocycles. The number of nitrogens with zero attached hydrogens (tertiary/aromatic N) is 2. The average molecular weight is 330 g/mol. The van der Waals surface area contributed by atoms with Gasteiger partial charge in [0.05, 0.1) is 11.9 Å². The lowest BCUT2D eigenvalue weighted by atomic mass is 10.00. The second-order valence-corrected chi connectivity index (χ2v) is 6.49. The number of piperidine rings is 1. The number of halogens is 1. The summed E-state index contributed by atoms with van der Waals surface area (Å²) in [7, 11) is 0. The van der Waals surface area contributed by atoms with E-state index in [9.17, 15) is 4.79 Å². The van der Waals surface area contributed by atoms with Crippen molar-refractivity contribution in [3.63, 3.8) is 0 Å². The molecule has 5 heteroatoms. The maximum atomic E-state index is 12.2. The summed E-state index contributed by atoms with van der Waals surface area (Å²) >= 11 is 5.84. The molecule has 0 aliphatic carbocycles. The topological polar surface area (TPSA) is 45.2 Å². The molecule has 120 valence electrons. The van der Waals surface area contributed by atoms with Crippen molar-refractivity contribution in [2.75, 3.05) is 23.3 Å². The maximum Gasteiger partial charge on any atom is 0.274 e. The first-order valence-corrected chi connectivity index (χ1v) is 8.27. The molecular formula is C18H20ClN3O. The molecule has 0 spiro atoms. The van der Waals surface area contributed by atoms with Gasteiger partial charge in [0.1, 0.15) is 5.69 Å². The summed E-state index contributed by atoms with van der Waals surface area (Å²) in [6.45, 7) is 4.38. The van der Waals surface area contributed by atoms with Crippen LogP contribution in [0.4, 0.5) is 11.4 Å². The number of pyridine rings is 1. The van der Waals surface area contributed by atoms with Gasteiger partial charge in [0.2, 0.25) is 0 Å². The standard InChI is InChI=1S/C18H20ClN3O/c1-13-3-2-10-22(12-13)16-8-9-17(20-11-16)18(23)21-15-6-4-14(19)5-7-15/h4-9,11,13H,2-3,10,12H2,1H3,(H,21,23). The predicted molar refractivity (Wildman–Crippen MR) is 94.3 cm³/mol. The molecule has 23 heavy (non-hydrogen) atoms. The van der Waals surface area contributed by atoms with Crippen LogP contribution in [0.2, 0.25) is 5.02 Å². The monoisotopic (exact) mass is 329 g/mol. The van der Waals surface area contributed by atoms with Gasteiger partial charge in [0, 0.05) is 23.8 Å². The molecule has 1 fully saturated rings. The van der Waals surface area contributed by atoms with Crippen LogP contribution in [-0.4, -0.2) is 24.0 Å². The van der Waals surface area contributed by atoms with Crippen LogP contribution in [0.5, 0.6) is 0 Å². The van der Waals surface area contributed by atoms with Gasteiger partial charge >= 0.3 is 0 Å². The fourth-order valence-corrected chi connectivity index (χ4v) is 2.99. The summed E-state index contributed by atoms with van der Waals surface area (Å²) in [6.07, 6.45) is 4.28. The Kier molecular flexibility index (Phi) is 4.82. The molecule has 4 nitrogen and oxygen atoms in total. The van der Waals surface area contributed by atoms with Gasteiger partial charge in [-0.25, -0.2) is 4.98 Å². The fourth-order valence-electron chi connectivity index (χ4n) is 2.86. The number of anilines is 2. The van der Waals surface area contributed by atoms with E-state index in [0.29, 0.717) is 22.3 Å². The molecule has 1 atom stereocenters. The molecule has 0 bridgehead atoms. The molecule has 3 rings (SSSR count). The number of carbonyl (C=O) groups is 1. The Morgan fingerprint density at radius 2 is 2.04 bits per heavy atom. The van der Waals surface area contributed by atoms with Crippen molar-refractivity contribution in [1.82, 2.24) is 4.98 Å². The molecule has 0 radical (unpaired) electrons. The quantitative estimate of drug-likeness (QED) is 0.916. The highest BCUT2D eigenvalue weighted by Gasteiger charge is 2.17. The third-order valence-electron chi connectivity index (χ3n) is 4.10. The van der Waals surface area contributed by atoms with E-state index >= 15 is 0 Å². The minimum absolute atomic E-state index is 0.217. The van der Waals surface area contributed by atoms with E-state index in [1.807, 2.05) is 6.07 Å². The van der Waals surface area contributed by atoms with Gasteiger partial charge < -0.3 is 10.2 Å². The van der Waals surface area contributed by atoms with Crippen molar-refractivity contribution in [3.8, 4) is 0 Å². The van der Waals surface area contributed by atoms with Gasteiger partial charge in [-0.15, -0.1) is 0 Å². The first-order valence-electron chi connectivity index (χ1n) is 7.90. The Hall–Kier alpha value is -2.07. The van der Waals surface area contributed by atoms with Crippen LogP contribution >= 0.6 is 11.6 Å². The summed E-state index contributed by atoms with van der Waals surface area (Å²) in [5.74, 6) is 0.488. The summed E-state index contributed by atoms with van der Waals surface area (Å²) in [4.78, 5) is 18.9. The minimum Gasteiger partial charge on any atom is -0.370 e. The number of benzene rings is 1. The van der Waals surface area contributed by atoms with Crippen molar-refractivity contribution in [1.29, 1.82) is 0 Å². The largest absolute Gasteiger partial charge is 0.370 e. The Balaban J connectivity index is 1.66. The SMILES string of the molecule is CC1CCCN(c2ccc(C(=O)Nc3ccc(Cl)cc3)nc2)C1. The predicted octanol–water partition coefficient (Wildman–Crippen LogP) is 4.22. The first kappa shape index (κ1) is 15.8. The lowest BCUT2D eigenvalue weighted by Crippen LogP contribution is -2.34. The molecule has 2 aromatic rings. The van der Waals surface area contributed by atoms with Crippen molar-refractivity contribution in [3.05, 3.63) is 53.3 Å². The molecule has 1 amide bonds. The Morgan fingerprint density at radius 3 is 2.70 bits per heavy atom. The molecule has 1 aromatic heterocycles. The Bertz CT molecular complexity index is 670. The number of hydrogen-bond acceptors (Lipinski definition) is 3. The summed E-state index contributed by atoms with van der Waals surface area (Å²) in [5.41, 5.74) is 2.20. The van der Waals surface area contributed by atoms with Crippen LogP contribution in [0.3, 0.4) is 0 Å². The second kappa shape index (κ2) is 7.01. The smallest absolute Gasteiger partial charge is 0.274 e. The second-order valence-electron chi connectivity index (χ2n) is 6.06. The summed E-state index contributed by atoms with van der Waals surface area (Å²) in [6, 6.07) is 10.8. The number of aromatic nitrogens is 1. The molecule has 1 aliphatic heterocycles. The van der Waals surface area contributed by atoms with Crippen LogP contribution in [0, 0.1) is 5.92 Å². The fraction of sp³-hybridized carbons (Fsp3) is 0.333. The number of hydrogen-bond donors (Lipinski definition) is 1. The summed E-state index contributed by atoms with van der Waals surface area (Å²) in [5, 5.41) is 3.46. The Labute approximate surface area is 141 Å². The lowest BCUT2D eigenvalue weighted by molar-refractivity contribution is 0.102. The number of carbonyl (C=O) groups excluding carboxylic acids is 1. The van der Waals surface area contributed by atoms with Gasteiger partial charge in [-0.2, -0.15) is 0 Å². The van der Waals surface area contributed by atoms with Crippen LogP contribution in [-0.2, 0) is 0 Å². The minimum atomic E-state index is -0.217. The van der Waals surface area contributed by atoms with Crippen molar-refractivity contribution in [2.24, 2.45) is 5.92 Å².